The third kappa shape index (κ3) is 7.68. The van der Waals surface area contributed by atoms with Crippen LogP contribution < -0.4 is 10.6 Å². The number of benzene rings is 2. The molecule has 0 radical (unpaired) electrons. The van der Waals surface area contributed by atoms with E-state index in [0.29, 0.717) is 24.5 Å². The first-order valence-electron chi connectivity index (χ1n) is 12.1. The molecule has 36 heavy (non-hydrogen) atoms. The molecule has 0 aliphatic carbocycles. The predicted molar refractivity (Wildman–Crippen MR) is 141 cm³/mol. The monoisotopic (exact) mass is 493 g/mol. The number of esters is 1. The number of hydrogen-bond donors (Lipinski definition) is 2. The summed E-state index contributed by atoms with van der Waals surface area (Å²) in [6.45, 7) is 9.00. The van der Waals surface area contributed by atoms with E-state index in [4.69, 9.17) is 9.47 Å². The van der Waals surface area contributed by atoms with Crippen LogP contribution in [0.3, 0.4) is 0 Å². The maximum absolute atomic E-state index is 12.5. The molecule has 1 aliphatic heterocycles. The summed E-state index contributed by atoms with van der Waals surface area (Å²) in [7, 11) is 2.00. The largest absolute Gasteiger partial charge is 0.466 e. The zero-order valence-electron chi connectivity index (χ0n) is 21.5. The highest BCUT2D eigenvalue weighted by atomic mass is 16.6. The number of carbonyl (C=O) groups excluding carboxylic acids is 3. The quantitative estimate of drug-likeness (QED) is 0.421. The number of carbonyl (C=O) groups is 3. The first kappa shape index (κ1) is 26.9. The Hall–Kier alpha value is -3.65. The lowest BCUT2D eigenvalue weighted by Crippen LogP contribution is -2.27. The maximum Gasteiger partial charge on any atom is 0.412 e. The van der Waals surface area contributed by atoms with Gasteiger partial charge in [-0.2, -0.15) is 0 Å². The number of ether oxygens (including phenoxy) is 2. The predicted octanol–water partition coefficient (Wildman–Crippen LogP) is 4.89. The number of nitrogens with zero attached hydrogens (tertiary/aromatic N) is 1. The molecular formula is C28H35N3O5. The summed E-state index contributed by atoms with van der Waals surface area (Å²) in [5.41, 5.74) is 2.20. The van der Waals surface area contributed by atoms with Crippen molar-refractivity contribution < 1.29 is 23.9 Å². The summed E-state index contributed by atoms with van der Waals surface area (Å²) < 4.78 is 10.5. The molecule has 192 valence electrons. The van der Waals surface area contributed by atoms with E-state index in [1.165, 1.54) is 6.08 Å². The van der Waals surface area contributed by atoms with Crippen molar-refractivity contribution in [3.63, 3.8) is 0 Å². The Morgan fingerprint density at radius 3 is 2.25 bits per heavy atom. The molecular weight excluding hydrogens is 458 g/mol. The van der Waals surface area contributed by atoms with Crippen LogP contribution in [0.1, 0.15) is 44.7 Å². The summed E-state index contributed by atoms with van der Waals surface area (Å²) in [6.07, 6.45) is 2.55. The fraction of sp³-hybridized carbons (Fsp3) is 0.393. The Morgan fingerprint density at radius 1 is 1.00 bits per heavy atom. The summed E-state index contributed by atoms with van der Waals surface area (Å²) in [4.78, 5) is 39.2. The van der Waals surface area contributed by atoms with E-state index in [1.807, 2.05) is 38.2 Å². The molecule has 1 saturated heterocycles. The number of nitrogens with one attached hydrogen (secondary N) is 2. The number of likely N-dealkylation sites (N-methyl/N-ethyl adjacent to an activating group) is 1. The zero-order valence-corrected chi connectivity index (χ0v) is 21.5. The lowest BCUT2D eigenvalue weighted by molar-refractivity contribution is -0.148. The van der Waals surface area contributed by atoms with Gasteiger partial charge < -0.3 is 19.7 Å². The van der Waals surface area contributed by atoms with Gasteiger partial charge in [-0.05, 0) is 64.1 Å². The van der Waals surface area contributed by atoms with Crippen molar-refractivity contribution in [2.45, 2.75) is 39.2 Å². The van der Waals surface area contributed by atoms with Crippen molar-refractivity contribution in [3.05, 3.63) is 65.7 Å². The lowest BCUT2D eigenvalue weighted by Gasteiger charge is -2.20. The van der Waals surface area contributed by atoms with Crippen LogP contribution >= 0.6 is 0 Å². The summed E-state index contributed by atoms with van der Waals surface area (Å²) >= 11 is 0. The van der Waals surface area contributed by atoms with E-state index >= 15 is 0 Å². The second-order valence-corrected chi connectivity index (χ2v) is 9.85. The zero-order chi connectivity index (χ0) is 26.3. The van der Waals surface area contributed by atoms with E-state index in [-0.39, 0.29) is 23.7 Å². The number of likely N-dealkylation sites (tertiary alicyclic amines) is 1. The fourth-order valence-corrected chi connectivity index (χ4v) is 4.14. The first-order chi connectivity index (χ1) is 17.1. The van der Waals surface area contributed by atoms with Gasteiger partial charge in [-0.3, -0.25) is 14.9 Å². The van der Waals surface area contributed by atoms with Gasteiger partial charge >= 0.3 is 12.1 Å². The first-order valence-corrected chi connectivity index (χ1v) is 12.1. The van der Waals surface area contributed by atoms with Gasteiger partial charge in [0, 0.05) is 25.1 Å². The van der Waals surface area contributed by atoms with Crippen LogP contribution in [0.25, 0.3) is 6.08 Å². The molecule has 0 spiro atoms. The van der Waals surface area contributed by atoms with Gasteiger partial charge in [0.25, 0.3) is 0 Å². The van der Waals surface area contributed by atoms with Gasteiger partial charge in [0.15, 0.2) is 0 Å². The Balaban J connectivity index is 1.63. The molecule has 1 fully saturated rings. The minimum absolute atomic E-state index is 0.0735. The van der Waals surface area contributed by atoms with Crippen LogP contribution in [0.5, 0.6) is 0 Å². The van der Waals surface area contributed by atoms with Crippen LogP contribution in [-0.4, -0.2) is 55.2 Å². The molecule has 2 atom stereocenters. The van der Waals surface area contributed by atoms with Crippen molar-refractivity contribution in [2.75, 3.05) is 37.4 Å². The molecule has 1 heterocycles. The number of para-hydroxylation sites is 2. The molecule has 0 bridgehead atoms. The smallest absolute Gasteiger partial charge is 0.412 e. The second-order valence-electron chi connectivity index (χ2n) is 9.85. The number of amides is 2. The third-order valence-electron chi connectivity index (χ3n) is 5.70. The van der Waals surface area contributed by atoms with Crippen molar-refractivity contribution in [3.8, 4) is 0 Å². The number of hydrogen-bond acceptors (Lipinski definition) is 6. The number of rotatable bonds is 7. The van der Waals surface area contributed by atoms with E-state index in [9.17, 15) is 14.4 Å². The van der Waals surface area contributed by atoms with Crippen molar-refractivity contribution in [2.24, 2.45) is 5.92 Å². The normalized spacial score (nSPS) is 18.1. The van der Waals surface area contributed by atoms with Gasteiger partial charge in [0.05, 0.1) is 23.9 Å². The van der Waals surface area contributed by atoms with Crippen molar-refractivity contribution >= 4 is 35.4 Å². The minimum atomic E-state index is -0.631. The standard InChI is InChI=1S/C28H35N3O5/c1-6-35-26(33)22-18-31(5)17-21(22)20-14-11-19(12-15-20)13-16-25(32)29-23-9-7-8-10-24(23)30-27(34)36-28(2,3)4/h7-16,21-22H,6,17-18H2,1-5H3,(H,29,32)(H,30,34)/b16-13+/t21-,22+/m1/s1. The molecule has 3 rings (SSSR count). The molecule has 8 nitrogen and oxygen atoms in total. The van der Waals surface area contributed by atoms with Gasteiger partial charge in [-0.1, -0.05) is 36.4 Å². The summed E-state index contributed by atoms with van der Waals surface area (Å²) in [6, 6.07) is 14.8. The highest BCUT2D eigenvalue weighted by Gasteiger charge is 2.37. The molecule has 2 N–H and O–H groups in total. The number of anilines is 2. The van der Waals surface area contributed by atoms with Crippen LogP contribution in [0.4, 0.5) is 16.2 Å². The molecule has 1 aliphatic rings. The van der Waals surface area contributed by atoms with Crippen molar-refractivity contribution in [1.82, 2.24) is 4.90 Å². The summed E-state index contributed by atoms with van der Waals surface area (Å²) in [5, 5.41) is 5.45. The highest BCUT2D eigenvalue weighted by molar-refractivity contribution is 6.05. The fourth-order valence-electron chi connectivity index (χ4n) is 4.14. The van der Waals surface area contributed by atoms with E-state index in [1.54, 1.807) is 51.1 Å². The van der Waals surface area contributed by atoms with Crippen LogP contribution in [0.2, 0.25) is 0 Å². The van der Waals surface area contributed by atoms with E-state index < -0.39 is 11.7 Å². The molecule has 0 aromatic heterocycles. The molecule has 8 heteroatoms. The Kier molecular flexibility index (Phi) is 8.88. The Bertz CT molecular complexity index is 1100. The molecule has 2 aromatic carbocycles. The van der Waals surface area contributed by atoms with Crippen molar-refractivity contribution in [1.29, 1.82) is 0 Å². The average Bonchev–Trinajstić information content (AvgIpc) is 3.20. The molecule has 2 amide bonds. The van der Waals surface area contributed by atoms with E-state index in [0.717, 1.165) is 17.7 Å². The van der Waals surface area contributed by atoms with Gasteiger partial charge in [0.1, 0.15) is 5.60 Å². The molecule has 0 saturated carbocycles. The second kappa shape index (κ2) is 11.9. The van der Waals surface area contributed by atoms with Crippen LogP contribution in [0, 0.1) is 5.92 Å². The van der Waals surface area contributed by atoms with Crippen LogP contribution in [-0.2, 0) is 19.1 Å². The SMILES string of the molecule is CCOC(=O)[C@H]1CN(C)C[C@@H]1c1ccc(/C=C/C(=O)Nc2ccccc2NC(=O)OC(C)(C)C)cc1. The topological polar surface area (TPSA) is 97.0 Å². The van der Waals surface area contributed by atoms with E-state index in [2.05, 4.69) is 15.5 Å². The van der Waals surface area contributed by atoms with Crippen LogP contribution in [0.15, 0.2) is 54.6 Å². The lowest BCUT2D eigenvalue weighted by atomic mass is 9.88. The summed E-state index contributed by atoms with van der Waals surface area (Å²) in [5.74, 6) is -0.605. The van der Waals surface area contributed by atoms with Gasteiger partial charge in [-0.15, -0.1) is 0 Å². The maximum atomic E-state index is 12.5. The Morgan fingerprint density at radius 2 is 1.64 bits per heavy atom. The average molecular weight is 494 g/mol. The van der Waals surface area contributed by atoms with Gasteiger partial charge in [-0.25, -0.2) is 4.79 Å². The third-order valence-corrected chi connectivity index (χ3v) is 5.70. The molecule has 2 aromatic rings. The minimum Gasteiger partial charge on any atom is -0.466 e. The highest BCUT2D eigenvalue weighted by Crippen LogP contribution is 2.33. The molecule has 0 unspecified atom stereocenters. The van der Waals surface area contributed by atoms with Gasteiger partial charge in [0.2, 0.25) is 5.91 Å². The Labute approximate surface area is 212 Å².